The van der Waals surface area contributed by atoms with E-state index in [0.29, 0.717) is 17.9 Å². The van der Waals surface area contributed by atoms with Crippen LogP contribution in [0.2, 0.25) is 0 Å². The fourth-order valence-electron chi connectivity index (χ4n) is 1.89. The van der Waals surface area contributed by atoms with Gasteiger partial charge in [0.25, 0.3) is 0 Å². The van der Waals surface area contributed by atoms with Gasteiger partial charge in [0.05, 0.1) is 9.90 Å². The Morgan fingerprint density at radius 1 is 1.33 bits per heavy atom. The van der Waals surface area contributed by atoms with Crippen molar-refractivity contribution in [3.63, 3.8) is 0 Å². The van der Waals surface area contributed by atoms with Crippen LogP contribution in [0.15, 0.2) is 40.3 Å². The molecule has 0 bridgehead atoms. The maximum Gasteiger partial charge on any atom is 0.243 e. The highest BCUT2D eigenvalue weighted by molar-refractivity contribution is 7.99. The standard InChI is InChI=1S/C14H18N2O2S3/c1-11-10-15-14(20-11)8-9-16(2)21(17,18)13-7-5-4-6-12(13)19-3/h4-7,10H,8-9H2,1-3H3. The Hall–Kier alpha value is -0.890. The molecule has 0 radical (unpaired) electrons. The first-order valence-corrected chi connectivity index (χ1v) is 9.94. The van der Waals surface area contributed by atoms with E-state index < -0.39 is 10.0 Å². The highest BCUT2D eigenvalue weighted by Gasteiger charge is 2.23. The van der Waals surface area contributed by atoms with Crippen molar-refractivity contribution in [3.05, 3.63) is 40.3 Å². The van der Waals surface area contributed by atoms with Crippen molar-refractivity contribution in [2.24, 2.45) is 0 Å². The zero-order valence-corrected chi connectivity index (χ0v) is 14.7. The van der Waals surface area contributed by atoms with Crippen LogP contribution in [-0.2, 0) is 16.4 Å². The lowest BCUT2D eigenvalue weighted by molar-refractivity contribution is 0.470. The topological polar surface area (TPSA) is 50.3 Å². The number of thiazole rings is 1. The molecule has 0 aliphatic carbocycles. The molecule has 0 atom stereocenters. The van der Waals surface area contributed by atoms with Crippen molar-refractivity contribution in [1.82, 2.24) is 9.29 Å². The van der Waals surface area contributed by atoms with E-state index in [2.05, 4.69) is 4.98 Å². The van der Waals surface area contributed by atoms with E-state index in [1.165, 1.54) is 16.1 Å². The number of likely N-dealkylation sites (N-methyl/N-ethyl adjacent to an activating group) is 1. The number of nitrogens with zero attached hydrogens (tertiary/aromatic N) is 2. The summed E-state index contributed by atoms with van der Waals surface area (Å²) in [6, 6.07) is 7.09. The van der Waals surface area contributed by atoms with Gasteiger partial charge in [0.1, 0.15) is 0 Å². The molecule has 0 amide bonds. The number of hydrogen-bond acceptors (Lipinski definition) is 5. The highest BCUT2D eigenvalue weighted by atomic mass is 32.2. The molecule has 0 N–H and O–H groups in total. The third kappa shape index (κ3) is 3.85. The quantitative estimate of drug-likeness (QED) is 0.757. The lowest BCUT2D eigenvalue weighted by atomic mass is 10.4. The lowest BCUT2D eigenvalue weighted by Gasteiger charge is -2.18. The number of sulfonamides is 1. The summed E-state index contributed by atoms with van der Waals surface area (Å²) in [6.45, 7) is 2.42. The molecule has 7 heteroatoms. The number of aromatic nitrogens is 1. The summed E-state index contributed by atoms with van der Waals surface area (Å²) in [5.74, 6) is 0. The molecule has 2 aromatic rings. The summed E-state index contributed by atoms with van der Waals surface area (Å²) in [7, 11) is -1.84. The van der Waals surface area contributed by atoms with Crippen LogP contribution >= 0.6 is 23.1 Å². The minimum atomic E-state index is -3.46. The van der Waals surface area contributed by atoms with Crippen LogP contribution in [-0.4, -0.2) is 37.6 Å². The second-order valence-corrected chi connectivity index (χ2v) is 8.77. The summed E-state index contributed by atoms with van der Waals surface area (Å²) in [5, 5.41) is 0.965. The first-order chi connectivity index (χ1) is 9.95. The van der Waals surface area contributed by atoms with Gasteiger partial charge in [0.15, 0.2) is 0 Å². The van der Waals surface area contributed by atoms with Crippen LogP contribution in [0.3, 0.4) is 0 Å². The monoisotopic (exact) mass is 342 g/mol. The smallest absolute Gasteiger partial charge is 0.243 e. The van der Waals surface area contributed by atoms with E-state index in [1.54, 1.807) is 30.5 Å². The van der Waals surface area contributed by atoms with E-state index in [-0.39, 0.29) is 0 Å². The van der Waals surface area contributed by atoms with Gasteiger partial charge in [-0.1, -0.05) is 12.1 Å². The van der Waals surface area contributed by atoms with Crippen molar-refractivity contribution in [2.75, 3.05) is 19.8 Å². The summed E-state index contributed by atoms with van der Waals surface area (Å²) >= 11 is 3.05. The summed E-state index contributed by atoms with van der Waals surface area (Å²) < 4.78 is 26.7. The van der Waals surface area contributed by atoms with E-state index in [0.717, 1.165) is 14.8 Å². The van der Waals surface area contributed by atoms with Crippen LogP contribution in [0.1, 0.15) is 9.88 Å². The SMILES string of the molecule is CSc1ccccc1S(=O)(=O)N(C)CCc1ncc(C)s1. The van der Waals surface area contributed by atoms with E-state index in [9.17, 15) is 8.42 Å². The van der Waals surface area contributed by atoms with Crippen molar-refractivity contribution < 1.29 is 8.42 Å². The molecular formula is C14H18N2O2S3. The zero-order chi connectivity index (χ0) is 15.5. The van der Waals surface area contributed by atoms with Crippen LogP contribution in [0, 0.1) is 6.92 Å². The van der Waals surface area contributed by atoms with Gasteiger partial charge in [-0.3, -0.25) is 0 Å². The third-order valence-electron chi connectivity index (χ3n) is 3.07. The molecule has 0 unspecified atom stereocenters. The zero-order valence-electron chi connectivity index (χ0n) is 12.2. The molecule has 0 aliphatic heterocycles. The van der Waals surface area contributed by atoms with Gasteiger partial charge in [-0.2, -0.15) is 0 Å². The normalized spacial score (nSPS) is 12.0. The fourth-order valence-corrected chi connectivity index (χ4v) is 4.96. The van der Waals surface area contributed by atoms with Crippen LogP contribution < -0.4 is 0 Å². The van der Waals surface area contributed by atoms with Crippen molar-refractivity contribution in [2.45, 2.75) is 23.1 Å². The van der Waals surface area contributed by atoms with Gasteiger partial charge >= 0.3 is 0 Å². The second kappa shape index (κ2) is 6.91. The maximum absolute atomic E-state index is 12.6. The summed E-state index contributed by atoms with van der Waals surface area (Å²) in [5.41, 5.74) is 0. The van der Waals surface area contributed by atoms with E-state index in [4.69, 9.17) is 0 Å². The van der Waals surface area contributed by atoms with Gasteiger partial charge in [0, 0.05) is 36.0 Å². The third-order valence-corrected chi connectivity index (χ3v) is 6.88. The first-order valence-electron chi connectivity index (χ1n) is 6.46. The number of hydrogen-bond donors (Lipinski definition) is 0. The molecule has 4 nitrogen and oxygen atoms in total. The Bertz CT molecular complexity index is 711. The molecule has 0 fully saturated rings. The molecule has 0 aliphatic rings. The first kappa shape index (κ1) is 16.5. The van der Waals surface area contributed by atoms with E-state index >= 15 is 0 Å². The predicted octanol–water partition coefficient (Wildman–Crippen LogP) is 3.04. The molecule has 114 valence electrons. The predicted molar refractivity (Wildman–Crippen MR) is 88.6 cm³/mol. The van der Waals surface area contributed by atoms with Gasteiger partial charge in [-0.05, 0) is 25.3 Å². The number of thioether (sulfide) groups is 1. The molecule has 0 spiro atoms. The maximum atomic E-state index is 12.6. The summed E-state index contributed by atoms with van der Waals surface area (Å²) in [4.78, 5) is 6.55. The van der Waals surface area contributed by atoms with Gasteiger partial charge in [-0.25, -0.2) is 17.7 Å². The van der Waals surface area contributed by atoms with Crippen LogP contribution in [0.25, 0.3) is 0 Å². The Balaban J connectivity index is 2.15. The van der Waals surface area contributed by atoms with Crippen LogP contribution in [0.5, 0.6) is 0 Å². The Labute approximate surface area is 134 Å². The largest absolute Gasteiger partial charge is 0.249 e. The van der Waals surface area contributed by atoms with Gasteiger partial charge in [-0.15, -0.1) is 23.1 Å². The highest BCUT2D eigenvalue weighted by Crippen LogP contribution is 2.26. The Morgan fingerprint density at radius 2 is 2.05 bits per heavy atom. The molecule has 1 heterocycles. The molecular weight excluding hydrogens is 324 g/mol. The minimum absolute atomic E-state index is 0.371. The van der Waals surface area contributed by atoms with Gasteiger partial charge < -0.3 is 0 Å². The molecule has 2 rings (SSSR count). The van der Waals surface area contributed by atoms with Gasteiger partial charge in [0.2, 0.25) is 10.0 Å². The van der Waals surface area contributed by atoms with Crippen LogP contribution in [0.4, 0.5) is 0 Å². The molecule has 1 aromatic heterocycles. The number of benzene rings is 1. The Kier molecular flexibility index (Phi) is 5.43. The average Bonchev–Trinajstić information content (AvgIpc) is 2.90. The van der Waals surface area contributed by atoms with Crippen molar-refractivity contribution >= 4 is 33.1 Å². The molecule has 1 aromatic carbocycles. The Morgan fingerprint density at radius 3 is 2.67 bits per heavy atom. The van der Waals surface area contributed by atoms with E-state index in [1.807, 2.05) is 31.5 Å². The lowest BCUT2D eigenvalue weighted by Crippen LogP contribution is -2.29. The molecule has 21 heavy (non-hydrogen) atoms. The minimum Gasteiger partial charge on any atom is -0.249 e. The van der Waals surface area contributed by atoms with Crippen molar-refractivity contribution in [1.29, 1.82) is 0 Å². The molecule has 0 saturated heterocycles. The fraction of sp³-hybridized carbons (Fsp3) is 0.357. The number of aryl methyl sites for hydroxylation is 1. The average molecular weight is 343 g/mol. The molecule has 0 saturated carbocycles. The summed E-state index contributed by atoms with van der Waals surface area (Å²) in [6.07, 6.45) is 4.33. The van der Waals surface area contributed by atoms with Crippen molar-refractivity contribution in [3.8, 4) is 0 Å². The number of rotatable bonds is 6. The second-order valence-electron chi connectivity index (χ2n) is 4.59.